The lowest BCUT2D eigenvalue weighted by atomic mass is 10.1. The zero-order valence-corrected chi connectivity index (χ0v) is 16.8. The molecule has 0 radical (unpaired) electrons. The second kappa shape index (κ2) is 8.60. The number of nitrogens with zero attached hydrogens (tertiary/aromatic N) is 2. The van der Waals surface area contributed by atoms with Gasteiger partial charge in [0, 0.05) is 0 Å². The molecule has 0 bridgehead atoms. The predicted octanol–water partition coefficient (Wildman–Crippen LogP) is 4.28. The van der Waals surface area contributed by atoms with Crippen LogP contribution in [0.3, 0.4) is 0 Å². The highest BCUT2D eigenvalue weighted by atomic mass is 19.4. The largest absolute Gasteiger partial charge is 0.493 e. The van der Waals surface area contributed by atoms with E-state index >= 15 is 0 Å². The molecule has 12 heteroatoms. The maximum absolute atomic E-state index is 13.2. The van der Waals surface area contributed by atoms with Crippen molar-refractivity contribution in [1.29, 1.82) is 0 Å². The van der Waals surface area contributed by atoms with E-state index in [1.165, 1.54) is 25.1 Å². The summed E-state index contributed by atoms with van der Waals surface area (Å²) in [5.74, 6) is -0.922. The van der Waals surface area contributed by atoms with Gasteiger partial charge in [-0.2, -0.15) is 26.3 Å². The molecule has 0 saturated heterocycles. The summed E-state index contributed by atoms with van der Waals surface area (Å²) in [7, 11) is 0. The first-order chi connectivity index (χ1) is 15.3. The zero-order chi connectivity index (χ0) is 24.6. The number of H-pyrrole nitrogens is 1. The van der Waals surface area contributed by atoms with Gasteiger partial charge in [0.05, 0.1) is 29.1 Å². The molecule has 0 aliphatic rings. The van der Waals surface area contributed by atoms with Crippen LogP contribution in [0.1, 0.15) is 29.2 Å². The van der Waals surface area contributed by atoms with Gasteiger partial charge in [0.1, 0.15) is 5.56 Å². The summed E-state index contributed by atoms with van der Waals surface area (Å²) in [5, 5.41) is 10.5. The average Bonchev–Trinajstić information content (AvgIpc) is 2.71. The van der Waals surface area contributed by atoms with E-state index in [1.54, 1.807) is 0 Å². The quantitative estimate of drug-likeness (QED) is 0.440. The van der Waals surface area contributed by atoms with Crippen molar-refractivity contribution in [1.82, 2.24) is 9.55 Å². The van der Waals surface area contributed by atoms with Crippen molar-refractivity contribution < 1.29 is 31.4 Å². The molecule has 2 aromatic carbocycles. The summed E-state index contributed by atoms with van der Waals surface area (Å²) in [6.07, 6.45) is -9.26. The minimum Gasteiger partial charge on any atom is -0.493 e. The van der Waals surface area contributed by atoms with Crippen LogP contribution in [0.4, 0.5) is 26.3 Å². The van der Waals surface area contributed by atoms with E-state index < -0.39 is 52.7 Å². The number of hydrogen-bond acceptors (Lipinski definition) is 4. The van der Waals surface area contributed by atoms with Crippen molar-refractivity contribution >= 4 is 5.71 Å². The van der Waals surface area contributed by atoms with Gasteiger partial charge < -0.3 is 5.11 Å². The number of halogens is 6. The molecule has 0 fully saturated rings. The maximum atomic E-state index is 13.2. The number of rotatable bonds is 4. The molecule has 0 spiro atoms. The molecule has 0 amide bonds. The molecule has 1 aromatic heterocycles. The minimum atomic E-state index is -4.63. The van der Waals surface area contributed by atoms with Gasteiger partial charge >= 0.3 is 18.0 Å². The first kappa shape index (κ1) is 23.8. The molecule has 0 atom stereocenters. The van der Waals surface area contributed by atoms with Crippen LogP contribution in [0.15, 0.2) is 63.1 Å². The average molecular weight is 471 g/mol. The highest BCUT2D eigenvalue weighted by molar-refractivity contribution is 6.00. The van der Waals surface area contributed by atoms with Crippen LogP contribution >= 0.6 is 0 Å². The maximum Gasteiger partial charge on any atom is 0.416 e. The van der Waals surface area contributed by atoms with Crippen LogP contribution in [-0.4, -0.2) is 20.4 Å². The Hall–Kier alpha value is -3.83. The smallest absolute Gasteiger partial charge is 0.416 e. The van der Waals surface area contributed by atoms with Crippen LogP contribution in [0, 0.1) is 0 Å². The van der Waals surface area contributed by atoms with Gasteiger partial charge in [0.15, 0.2) is 0 Å². The molecule has 0 unspecified atom stereocenters. The van der Waals surface area contributed by atoms with Crippen LogP contribution in [-0.2, 0) is 18.9 Å². The summed E-state index contributed by atoms with van der Waals surface area (Å²) < 4.78 is 78.4. The van der Waals surface area contributed by atoms with Crippen molar-refractivity contribution in [3.63, 3.8) is 0 Å². The molecule has 0 aliphatic heterocycles. The molecule has 0 saturated carbocycles. The van der Waals surface area contributed by atoms with Gasteiger partial charge in [-0.05, 0) is 42.8 Å². The molecule has 174 valence electrons. The number of aliphatic imine (C=N–C) groups is 1. The number of benzene rings is 2. The fourth-order valence-electron chi connectivity index (χ4n) is 3.11. The topological polar surface area (TPSA) is 87.4 Å². The van der Waals surface area contributed by atoms with E-state index in [9.17, 15) is 41.0 Å². The van der Waals surface area contributed by atoms with Crippen molar-refractivity contribution in [3.05, 3.63) is 91.6 Å². The summed E-state index contributed by atoms with van der Waals surface area (Å²) in [6, 6.07) is 7.85. The first-order valence-electron chi connectivity index (χ1n) is 9.23. The Balaban J connectivity index is 2.05. The lowest BCUT2D eigenvalue weighted by Gasteiger charge is -2.13. The van der Waals surface area contributed by atoms with E-state index in [4.69, 9.17) is 0 Å². The fraction of sp³-hybridized carbons (Fsp3) is 0.190. The molecular formula is C21H15F6N3O3. The second-order valence-corrected chi connectivity index (χ2v) is 6.89. The van der Waals surface area contributed by atoms with Crippen LogP contribution < -0.4 is 11.2 Å². The van der Waals surface area contributed by atoms with E-state index in [2.05, 4.69) is 4.99 Å². The van der Waals surface area contributed by atoms with Crippen molar-refractivity contribution in [2.45, 2.75) is 25.8 Å². The van der Waals surface area contributed by atoms with Crippen LogP contribution in [0.25, 0.3) is 5.69 Å². The monoisotopic (exact) mass is 471 g/mol. The van der Waals surface area contributed by atoms with Crippen molar-refractivity contribution in [2.24, 2.45) is 4.99 Å². The van der Waals surface area contributed by atoms with Crippen LogP contribution in [0.5, 0.6) is 5.88 Å². The first-order valence-corrected chi connectivity index (χ1v) is 9.23. The molecular weight excluding hydrogens is 456 g/mol. The SMILES string of the molecule is CC(=NCc1ccccc1C(F)(F)F)c1c(O)n(-c2ccc(C(F)(F)F)cc2)c(=O)[nH]c1=O. The Labute approximate surface area is 181 Å². The fourth-order valence-corrected chi connectivity index (χ4v) is 3.11. The molecule has 3 aromatic rings. The van der Waals surface area contributed by atoms with E-state index in [-0.39, 0.29) is 17.0 Å². The Bertz CT molecular complexity index is 1320. The van der Waals surface area contributed by atoms with Crippen molar-refractivity contribution in [3.8, 4) is 11.6 Å². The Morgan fingerprint density at radius 1 is 0.970 bits per heavy atom. The zero-order valence-electron chi connectivity index (χ0n) is 16.8. The summed E-state index contributed by atoms with van der Waals surface area (Å²) >= 11 is 0. The number of alkyl halides is 6. The molecule has 3 rings (SSSR count). The molecule has 0 aliphatic carbocycles. The number of aromatic hydroxyl groups is 1. The van der Waals surface area contributed by atoms with Gasteiger partial charge in [0.25, 0.3) is 5.56 Å². The third-order valence-corrected chi connectivity index (χ3v) is 4.71. The van der Waals surface area contributed by atoms with Crippen molar-refractivity contribution in [2.75, 3.05) is 0 Å². The van der Waals surface area contributed by atoms with Crippen LogP contribution in [0.2, 0.25) is 0 Å². The number of aromatic amines is 1. The number of nitrogens with one attached hydrogen (secondary N) is 1. The second-order valence-electron chi connectivity index (χ2n) is 6.89. The number of aromatic nitrogens is 2. The minimum absolute atomic E-state index is 0.182. The van der Waals surface area contributed by atoms with Gasteiger partial charge in [-0.15, -0.1) is 0 Å². The third-order valence-electron chi connectivity index (χ3n) is 4.71. The standard InChI is InChI=1S/C21H15F6N3O3/c1-11(28-10-12-4-2-3-5-15(12)21(25,26)27)16-17(31)29-19(33)30(18(16)32)14-8-6-13(7-9-14)20(22,23)24/h2-9,32H,10H2,1H3,(H,29,31,33). The van der Waals surface area contributed by atoms with Gasteiger partial charge in [-0.3, -0.25) is 14.8 Å². The van der Waals surface area contributed by atoms with Gasteiger partial charge in [0.2, 0.25) is 5.88 Å². The van der Waals surface area contributed by atoms with E-state index in [0.717, 1.165) is 18.2 Å². The molecule has 1 heterocycles. The molecule has 2 N–H and O–H groups in total. The highest BCUT2D eigenvalue weighted by Gasteiger charge is 2.33. The van der Waals surface area contributed by atoms with E-state index in [0.29, 0.717) is 16.7 Å². The summed E-state index contributed by atoms with van der Waals surface area (Å²) in [5.41, 5.74) is -5.18. The summed E-state index contributed by atoms with van der Waals surface area (Å²) in [4.78, 5) is 30.3. The Morgan fingerprint density at radius 2 is 1.58 bits per heavy atom. The normalized spacial score (nSPS) is 12.8. The third kappa shape index (κ3) is 4.99. The predicted molar refractivity (Wildman–Crippen MR) is 107 cm³/mol. The lowest BCUT2D eigenvalue weighted by Crippen LogP contribution is -2.32. The van der Waals surface area contributed by atoms with Gasteiger partial charge in [-0.1, -0.05) is 18.2 Å². The Morgan fingerprint density at radius 3 is 2.15 bits per heavy atom. The molecule has 6 nitrogen and oxygen atoms in total. The number of hydrogen-bond donors (Lipinski definition) is 2. The van der Waals surface area contributed by atoms with Gasteiger partial charge in [-0.25, -0.2) is 9.36 Å². The highest BCUT2D eigenvalue weighted by Crippen LogP contribution is 2.32. The van der Waals surface area contributed by atoms with E-state index in [1.807, 2.05) is 4.98 Å². The molecule has 33 heavy (non-hydrogen) atoms. The summed E-state index contributed by atoms with van der Waals surface area (Å²) in [6.45, 7) is 0.752. The Kier molecular flexibility index (Phi) is 6.21. The lowest BCUT2D eigenvalue weighted by molar-refractivity contribution is -0.138.